The molecule has 0 aliphatic rings. The number of pyridine rings is 1. The fraction of sp³-hybridized carbons (Fsp3) is 0.0667. The number of aromatic nitrogens is 1. The summed E-state index contributed by atoms with van der Waals surface area (Å²) in [5, 5.41) is 1.85. The maximum absolute atomic E-state index is 12.4. The minimum Gasteiger partial charge on any atom is -0.461 e. The zero-order chi connectivity index (χ0) is 12.5. The molecule has 3 nitrogen and oxygen atoms in total. The third-order valence-corrected chi connectivity index (χ3v) is 2.98. The van der Waals surface area contributed by atoms with E-state index < -0.39 is 0 Å². The molecule has 0 N–H and O–H groups in total. The molecule has 3 aromatic rings. The Hall–Kier alpha value is -2.42. The van der Waals surface area contributed by atoms with Crippen LogP contribution in [0.3, 0.4) is 0 Å². The van der Waals surface area contributed by atoms with E-state index in [-0.39, 0.29) is 5.78 Å². The normalized spacial score (nSPS) is 10.7. The van der Waals surface area contributed by atoms with Gasteiger partial charge in [-0.25, -0.2) is 0 Å². The highest BCUT2D eigenvalue weighted by Gasteiger charge is 2.17. The number of hydrogen-bond acceptors (Lipinski definition) is 3. The Morgan fingerprint density at radius 1 is 1.17 bits per heavy atom. The lowest BCUT2D eigenvalue weighted by molar-refractivity contribution is 0.101. The topological polar surface area (TPSA) is 43.1 Å². The van der Waals surface area contributed by atoms with Crippen LogP contribution in [0, 0.1) is 6.92 Å². The third-order valence-electron chi connectivity index (χ3n) is 2.98. The molecule has 2 heterocycles. The molecule has 0 atom stereocenters. The summed E-state index contributed by atoms with van der Waals surface area (Å²) in [7, 11) is 0. The molecule has 3 rings (SSSR count). The molecule has 0 unspecified atom stereocenters. The minimum atomic E-state index is -0.123. The molecule has 1 aromatic carbocycles. The lowest BCUT2D eigenvalue weighted by atomic mass is 10.0. The highest BCUT2D eigenvalue weighted by molar-refractivity contribution is 6.15. The first-order valence-electron chi connectivity index (χ1n) is 5.69. The molecular formula is C15H11NO2. The number of carbonyl (C=O) groups excluding carboxylic acids is 1. The number of rotatable bonds is 2. The molecule has 2 aromatic heterocycles. The molecule has 0 saturated heterocycles. The lowest BCUT2D eigenvalue weighted by Crippen LogP contribution is -2.03. The Labute approximate surface area is 104 Å². The number of fused-ring (bicyclic) bond motifs is 1. The van der Waals surface area contributed by atoms with Crippen molar-refractivity contribution >= 4 is 16.6 Å². The minimum absolute atomic E-state index is 0.123. The number of furan rings is 1. The summed E-state index contributed by atoms with van der Waals surface area (Å²) in [6, 6.07) is 9.48. The average molecular weight is 237 g/mol. The van der Waals surface area contributed by atoms with Crippen molar-refractivity contribution in [3.05, 3.63) is 65.9 Å². The second-order valence-electron chi connectivity index (χ2n) is 4.17. The van der Waals surface area contributed by atoms with E-state index >= 15 is 0 Å². The average Bonchev–Trinajstić information content (AvgIpc) is 2.83. The van der Waals surface area contributed by atoms with Crippen molar-refractivity contribution in [2.45, 2.75) is 6.92 Å². The van der Waals surface area contributed by atoms with Gasteiger partial charge in [-0.3, -0.25) is 9.78 Å². The van der Waals surface area contributed by atoms with Crippen molar-refractivity contribution in [2.24, 2.45) is 0 Å². The van der Waals surface area contributed by atoms with Gasteiger partial charge in [0, 0.05) is 17.8 Å². The van der Waals surface area contributed by atoms with Crippen LogP contribution < -0.4 is 0 Å². The van der Waals surface area contributed by atoms with E-state index in [4.69, 9.17) is 4.42 Å². The Kier molecular flexibility index (Phi) is 2.45. The Bertz CT molecular complexity index is 723. The molecule has 0 fully saturated rings. The van der Waals surface area contributed by atoms with Gasteiger partial charge < -0.3 is 4.42 Å². The van der Waals surface area contributed by atoms with E-state index in [1.807, 2.05) is 31.2 Å². The highest BCUT2D eigenvalue weighted by Crippen LogP contribution is 2.21. The van der Waals surface area contributed by atoms with Crippen molar-refractivity contribution < 1.29 is 9.21 Å². The van der Waals surface area contributed by atoms with Gasteiger partial charge in [0.25, 0.3) is 0 Å². The fourth-order valence-corrected chi connectivity index (χ4v) is 2.03. The highest BCUT2D eigenvalue weighted by atomic mass is 16.3. The standard InChI is InChI=1S/C15H11NO2/c1-10-6-7-18-15(10)14(17)13-9-16-8-11-4-2-3-5-12(11)13/h2-9H,1H3. The van der Waals surface area contributed by atoms with Gasteiger partial charge in [0.05, 0.1) is 11.8 Å². The second-order valence-corrected chi connectivity index (χ2v) is 4.17. The van der Waals surface area contributed by atoms with Gasteiger partial charge in [-0.15, -0.1) is 0 Å². The molecule has 0 aliphatic carbocycles. The van der Waals surface area contributed by atoms with Gasteiger partial charge in [0.1, 0.15) is 0 Å². The van der Waals surface area contributed by atoms with Crippen LogP contribution in [0.15, 0.2) is 53.4 Å². The van der Waals surface area contributed by atoms with Crippen LogP contribution in [0.5, 0.6) is 0 Å². The van der Waals surface area contributed by atoms with Gasteiger partial charge >= 0.3 is 0 Å². The molecule has 0 amide bonds. The number of ketones is 1. The zero-order valence-corrected chi connectivity index (χ0v) is 9.88. The summed E-state index contributed by atoms with van der Waals surface area (Å²) in [6.07, 6.45) is 4.87. The van der Waals surface area contributed by atoms with Gasteiger partial charge in [0.15, 0.2) is 5.76 Å². The van der Waals surface area contributed by atoms with Crippen LogP contribution in [0.2, 0.25) is 0 Å². The molecule has 0 saturated carbocycles. The maximum Gasteiger partial charge on any atom is 0.230 e. The predicted molar refractivity (Wildman–Crippen MR) is 68.6 cm³/mol. The molecule has 0 aliphatic heterocycles. The summed E-state index contributed by atoms with van der Waals surface area (Å²) in [5.74, 6) is 0.259. The smallest absolute Gasteiger partial charge is 0.230 e. The molecule has 3 heteroatoms. The number of benzene rings is 1. The maximum atomic E-state index is 12.4. The molecule has 88 valence electrons. The quantitative estimate of drug-likeness (QED) is 0.642. The fourth-order valence-electron chi connectivity index (χ4n) is 2.03. The largest absolute Gasteiger partial charge is 0.461 e. The van der Waals surface area contributed by atoms with Crippen molar-refractivity contribution in [1.82, 2.24) is 4.98 Å². The Morgan fingerprint density at radius 3 is 2.78 bits per heavy atom. The van der Waals surface area contributed by atoms with Crippen LogP contribution >= 0.6 is 0 Å². The summed E-state index contributed by atoms with van der Waals surface area (Å²) >= 11 is 0. The molecule has 0 bridgehead atoms. The molecular weight excluding hydrogens is 226 g/mol. The number of carbonyl (C=O) groups is 1. The molecule has 0 radical (unpaired) electrons. The first-order chi connectivity index (χ1) is 8.77. The molecule has 18 heavy (non-hydrogen) atoms. The first kappa shape index (κ1) is 10.7. The van der Waals surface area contributed by atoms with Crippen molar-refractivity contribution in [2.75, 3.05) is 0 Å². The van der Waals surface area contributed by atoms with Gasteiger partial charge in [-0.1, -0.05) is 24.3 Å². The second kappa shape index (κ2) is 4.11. The number of aryl methyl sites for hydroxylation is 1. The van der Waals surface area contributed by atoms with Gasteiger partial charge in [0.2, 0.25) is 5.78 Å². The number of hydrogen-bond donors (Lipinski definition) is 0. The van der Waals surface area contributed by atoms with E-state index in [2.05, 4.69) is 4.98 Å². The van der Waals surface area contributed by atoms with E-state index in [9.17, 15) is 4.79 Å². The molecule has 0 spiro atoms. The van der Waals surface area contributed by atoms with Crippen LogP contribution in [-0.2, 0) is 0 Å². The lowest BCUT2D eigenvalue weighted by Gasteiger charge is -2.03. The summed E-state index contributed by atoms with van der Waals surface area (Å²) in [5.41, 5.74) is 1.42. The summed E-state index contributed by atoms with van der Waals surface area (Å²) in [4.78, 5) is 16.5. The SMILES string of the molecule is Cc1ccoc1C(=O)c1cncc2ccccc12. The van der Waals surface area contributed by atoms with E-state index in [1.165, 1.54) is 6.26 Å². The van der Waals surface area contributed by atoms with Crippen LogP contribution in [0.4, 0.5) is 0 Å². The monoisotopic (exact) mass is 237 g/mol. The summed E-state index contributed by atoms with van der Waals surface area (Å²) < 4.78 is 5.25. The predicted octanol–water partition coefficient (Wildman–Crippen LogP) is 3.37. The van der Waals surface area contributed by atoms with Crippen molar-refractivity contribution in [1.29, 1.82) is 0 Å². The third kappa shape index (κ3) is 1.61. The van der Waals surface area contributed by atoms with Crippen LogP contribution in [0.1, 0.15) is 21.7 Å². The van der Waals surface area contributed by atoms with E-state index in [1.54, 1.807) is 18.5 Å². The van der Waals surface area contributed by atoms with E-state index in [0.717, 1.165) is 16.3 Å². The summed E-state index contributed by atoms with van der Waals surface area (Å²) in [6.45, 7) is 1.86. The zero-order valence-electron chi connectivity index (χ0n) is 9.88. The van der Waals surface area contributed by atoms with Crippen LogP contribution in [-0.4, -0.2) is 10.8 Å². The van der Waals surface area contributed by atoms with Crippen LogP contribution in [0.25, 0.3) is 10.8 Å². The Balaban J connectivity index is 2.21. The Morgan fingerprint density at radius 2 is 2.00 bits per heavy atom. The van der Waals surface area contributed by atoms with Crippen molar-refractivity contribution in [3.63, 3.8) is 0 Å². The first-order valence-corrected chi connectivity index (χ1v) is 5.69. The van der Waals surface area contributed by atoms with Gasteiger partial charge in [-0.05, 0) is 23.9 Å². The van der Waals surface area contributed by atoms with Gasteiger partial charge in [-0.2, -0.15) is 0 Å². The van der Waals surface area contributed by atoms with Crippen molar-refractivity contribution in [3.8, 4) is 0 Å². The van der Waals surface area contributed by atoms with E-state index in [0.29, 0.717) is 11.3 Å². The number of nitrogens with zero attached hydrogens (tertiary/aromatic N) is 1.